The van der Waals surface area contributed by atoms with Gasteiger partial charge in [-0.3, -0.25) is 9.48 Å². The van der Waals surface area contributed by atoms with Crippen LogP contribution in [0.15, 0.2) is 24.3 Å². The lowest BCUT2D eigenvalue weighted by molar-refractivity contribution is -0.120. The number of aliphatic hydroxyl groups is 1. The van der Waals surface area contributed by atoms with Gasteiger partial charge in [0.25, 0.3) is 0 Å². The molecule has 0 bridgehead atoms. The van der Waals surface area contributed by atoms with Crippen molar-refractivity contribution in [3.05, 3.63) is 52.6 Å². The second-order valence-electron chi connectivity index (χ2n) is 6.74. The highest BCUT2D eigenvalue weighted by molar-refractivity contribution is 5.79. The first-order valence-electron chi connectivity index (χ1n) is 8.51. The van der Waals surface area contributed by atoms with Crippen LogP contribution in [0, 0.1) is 25.6 Å². The van der Waals surface area contributed by atoms with Gasteiger partial charge in [0.05, 0.1) is 18.2 Å². The molecule has 0 saturated carbocycles. The first-order valence-corrected chi connectivity index (χ1v) is 8.51. The minimum Gasteiger partial charge on any atom is -0.386 e. The number of nitrogens with zero attached hydrogens (tertiary/aromatic N) is 2. The molecule has 25 heavy (non-hydrogen) atoms. The SMILES string of the molecule is Cc1nn(CC(C)C)c(C)c1CC(=O)NCC(O)c1ccccc1F. The van der Waals surface area contributed by atoms with E-state index in [2.05, 4.69) is 24.3 Å². The third-order valence-electron chi connectivity index (χ3n) is 4.16. The maximum absolute atomic E-state index is 13.6. The molecule has 136 valence electrons. The Balaban J connectivity index is 1.97. The number of hydrogen-bond donors (Lipinski definition) is 2. The third-order valence-corrected chi connectivity index (χ3v) is 4.16. The zero-order chi connectivity index (χ0) is 18.6. The van der Waals surface area contributed by atoms with Crippen LogP contribution in [0.1, 0.15) is 42.5 Å². The summed E-state index contributed by atoms with van der Waals surface area (Å²) in [5, 5.41) is 17.2. The molecule has 1 heterocycles. The van der Waals surface area contributed by atoms with Crippen LogP contribution >= 0.6 is 0 Å². The van der Waals surface area contributed by atoms with Crippen LogP contribution in [0.3, 0.4) is 0 Å². The van der Waals surface area contributed by atoms with Crippen LogP contribution < -0.4 is 5.32 Å². The van der Waals surface area contributed by atoms with Crippen LogP contribution in [-0.2, 0) is 17.8 Å². The molecule has 0 fully saturated rings. The first-order chi connectivity index (χ1) is 11.8. The van der Waals surface area contributed by atoms with Crippen molar-refractivity contribution in [1.29, 1.82) is 0 Å². The molecule has 0 saturated heterocycles. The Labute approximate surface area is 147 Å². The number of nitrogens with one attached hydrogen (secondary N) is 1. The number of aryl methyl sites for hydroxylation is 1. The number of rotatable bonds is 7. The minimum atomic E-state index is -1.07. The lowest BCUT2D eigenvalue weighted by atomic mass is 10.1. The molecule has 2 aromatic rings. The zero-order valence-electron chi connectivity index (χ0n) is 15.2. The number of halogens is 1. The van der Waals surface area contributed by atoms with E-state index >= 15 is 0 Å². The van der Waals surface area contributed by atoms with E-state index < -0.39 is 11.9 Å². The van der Waals surface area contributed by atoms with Gasteiger partial charge in [0.1, 0.15) is 5.82 Å². The predicted octanol–water partition coefficient (Wildman–Crippen LogP) is 2.69. The van der Waals surface area contributed by atoms with Crippen molar-refractivity contribution in [2.75, 3.05) is 6.54 Å². The highest BCUT2D eigenvalue weighted by atomic mass is 19.1. The molecular weight excluding hydrogens is 321 g/mol. The minimum absolute atomic E-state index is 0.0298. The van der Waals surface area contributed by atoms with Crippen LogP contribution in [0.5, 0.6) is 0 Å². The topological polar surface area (TPSA) is 67.2 Å². The molecule has 1 aromatic heterocycles. The summed E-state index contributed by atoms with van der Waals surface area (Å²) < 4.78 is 15.6. The van der Waals surface area contributed by atoms with Gasteiger partial charge >= 0.3 is 0 Å². The lowest BCUT2D eigenvalue weighted by Crippen LogP contribution is -2.30. The van der Waals surface area contributed by atoms with Gasteiger partial charge in [-0.1, -0.05) is 32.0 Å². The van der Waals surface area contributed by atoms with E-state index in [0.717, 1.165) is 23.5 Å². The second-order valence-corrected chi connectivity index (χ2v) is 6.74. The summed E-state index contributed by atoms with van der Waals surface area (Å²) in [6, 6.07) is 6.01. The van der Waals surface area contributed by atoms with Crippen LogP contribution in [-0.4, -0.2) is 27.3 Å². The Hall–Kier alpha value is -2.21. The molecule has 0 radical (unpaired) electrons. The van der Waals surface area contributed by atoms with E-state index in [0.29, 0.717) is 5.92 Å². The molecule has 1 amide bonds. The summed E-state index contributed by atoms with van der Waals surface area (Å²) in [5.74, 6) is -0.229. The molecule has 0 aliphatic heterocycles. The smallest absolute Gasteiger partial charge is 0.224 e. The monoisotopic (exact) mass is 347 g/mol. The van der Waals surface area contributed by atoms with Gasteiger partial charge in [-0.05, 0) is 25.8 Å². The number of hydrogen-bond acceptors (Lipinski definition) is 3. The van der Waals surface area contributed by atoms with Crippen molar-refractivity contribution in [3.63, 3.8) is 0 Å². The van der Waals surface area contributed by atoms with Crippen LogP contribution in [0.4, 0.5) is 4.39 Å². The maximum atomic E-state index is 13.6. The largest absolute Gasteiger partial charge is 0.386 e. The first kappa shape index (κ1) is 19.1. The quantitative estimate of drug-likeness (QED) is 0.809. The zero-order valence-corrected chi connectivity index (χ0v) is 15.2. The predicted molar refractivity (Wildman–Crippen MR) is 94.6 cm³/mol. The fourth-order valence-corrected chi connectivity index (χ4v) is 2.80. The fraction of sp³-hybridized carbons (Fsp3) is 0.474. The standard InChI is InChI=1S/C19H26FN3O2/c1-12(2)11-23-14(4)16(13(3)22-23)9-19(25)21-10-18(24)15-7-5-6-8-17(15)20/h5-8,12,18,24H,9-11H2,1-4H3,(H,21,25). The van der Waals surface area contributed by atoms with Gasteiger partial charge in [0, 0.05) is 29.9 Å². The van der Waals surface area contributed by atoms with E-state index in [4.69, 9.17) is 0 Å². The number of amides is 1. The molecule has 1 atom stereocenters. The van der Waals surface area contributed by atoms with Crippen molar-refractivity contribution in [2.24, 2.45) is 5.92 Å². The van der Waals surface area contributed by atoms with E-state index in [1.165, 1.54) is 12.1 Å². The Kier molecular flexibility index (Phi) is 6.31. The van der Waals surface area contributed by atoms with Crippen LogP contribution in [0.25, 0.3) is 0 Å². The van der Waals surface area contributed by atoms with Gasteiger partial charge in [0.2, 0.25) is 5.91 Å². The molecular formula is C19H26FN3O2. The molecule has 0 spiro atoms. The summed E-state index contributed by atoms with van der Waals surface area (Å²) >= 11 is 0. The molecule has 0 aliphatic rings. The number of benzene rings is 1. The summed E-state index contributed by atoms with van der Waals surface area (Å²) in [4.78, 5) is 12.2. The van der Waals surface area contributed by atoms with Crippen molar-refractivity contribution in [3.8, 4) is 0 Å². The van der Waals surface area contributed by atoms with Crippen molar-refractivity contribution < 1.29 is 14.3 Å². The highest BCUT2D eigenvalue weighted by Gasteiger charge is 2.17. The van der Waals surface area contributed by atoms with E-state index in [9.17, 15) is 14.3 Å². The normalized spacial score (nSPS) is 12.4. The average Bonchev–Trinajstić information content (AvgIpc) is 2.80. The second kappa shape index (κ2) is 8.25. The molecule has 2 rings (SSSR count). The van der Waals surface area contributed by atoms with Gasteiger partial charge in [-0.2, -0.15) is 5.10 Å². The van der Waals surface area contributed by atoms with Gasteiger partial charge in [0.15, 0.2) is 0 Å². The van der Waals surface area contributed by atoms with E-state index in [-0.39, 0.29) is 24.4 Å². The molecule has 6 heteroatoms. The number of aromatic nitrogens is 2. The maximum Gasteiger partial charge on any atom is 0.224 e. The third kappa shape index (κ3) is 4.89. The Morgan fingerprint density at radius 2 is 2.00 bits per heavy atom. The lowest BCUT2D eigenvalue weighted by Gasteiger charge is -2.13. The Bertz CT molecular complexity index is 740. The summed E-state index contributed by atoms with van der Waals surface area (Å²) in [6.07, 6.45) is -0.879. The Morgan fingerprint density at radius 3 is 2.64 bits per heavy atom. The van der Waals surface area contributed by atoms with Crippen molar-refractivity contribution in [1.82, 2.24) is 15.1 Å². The van der Waals surface area contributed by atoms with Gasteiger partial charge in [-0.15, -0.1) is 0 Å². The number of carbonyl (C=O) groups excluding carboxylic acids is 1. The van der Waals surface area contributed by atoms with Crippen molar-refractivity contribution in [2.45, 2.75) is 46.8 Å². The number of aliphatic hydroxyl groups excluding tert-OH is 1. The molecule has 5 nitrogen and oxygen atoms in total. The van der Waals surface area contributed by atoms with Gasteiger partial charge in [-0.25, -0.2) is 4.39 Å². The molecule has 1 aromatic carbocycles. The van der Waals surface area contributed by atoms with Crippen LogP contribution in [0.2, 0.25) is 0 Å². The molecule has 2 N–H and O–H groups in total. The molecule has 1 unspecified atom stereocenters. The number of carbonyl (C=O) groups is 1. The van der Waals surface area contributed by atoms with E-state index in [1.807, 2.05) is 18.5 Å². The average molecular weight is 347 g/mol. The van der Waals surface area contributed by atoms with E-state index in [1.54, 1.807) is 12.1 Å². The highest BCUT2D eigenvalue weighted by Crippen LogP contribution is 2.17. The summed E-state index contributed by atoms with van der Waals surface area (Å²) in [7, 11) is 0. The van der Waals surface area contributed by atoms with Gasteiger partial charge < -0.3 is 10.4 Å². The fourth-order valence-electron chi connectivity index (χ4n) is 2.80. The summed E-state index contributed by atoms with van der Waals surface area (Å²) in [5.41, 5.74) is 2.90. The molecule has 0 aliphatic carbocycles. The Morgan fingerprint density at radius 1 is 1.32 bits per heavy atom. The summed E-state index contributed by atoms with van der Waals surface area (Å²) in [6.45, 7) is 8.86. The van der Waals surface area contributed by atoms with Crippen molar-refractivity contribution >= 4 is 5.91 Å².